The highest BCUT2D eigenvalue weighted by atomic mass is 32.2. The van der Waals surface area contributed by atoms with E-state index in [2.05, 4.69) is 15.1 Å². The highest BCUT2D eigenvalue weighted by molar-refractivity contribution is 7.89. The molecule has 0 radical (unpaired) electrons. The Balaban J connectivity index is 1.90. The van der Waals surface area contributed by atoms with Crippen LogP contribution in [0.15, 0.2) is 22.0 Å². The van der Waals surface area contributed by atoms with Crippen molar-refractivity contribution in [1.82, 2.24) is 24.1 Å². The number of aromatic amines is 1. The Labute approximate surface area is 139 Å². The highest BCUT2D eigenvalue weighted by Gasteiger charge is 2.34. The molecule has 3 rings (SSSR count). The molecule has 1 N–H and O–H groups in total. The molecule has 9 nitrogen and oxygen atoms in total. The number of aryl methyl sites for hydroxylation is 3. The molecule has 24 heavy (non-hydrogen) atoms. The molecule has 0 spiro atoms. The summed E-state index contributed by atoms with van der Waals surface area (Å²) in [5.41, 5.74) is 0.592. The van der Waals surface area contributed by atoms with Crippen molar-refractivity contribution < 1.29 is 13.2 Å². The Bertz CT molecular complexity index is 917. The van der Waals surface area contributed by atoms with Crippen LogP contribution in [0, 0.1) is 13.8 Å². The minimum absolute atomic E-state index is 0.104. The predicted octanol–water partition coefficient (Wildman–Crippen LogP) is -0.118. The zero-order valence-electron chi connectivity index (χ0n) is 13.7. The summed E-state index contributed by atoms with van der Waals surface area (Å²) < 4.78 is 34.2. The van der Waals surface area contributed by atoms with E-state index in [0.29, 0.717) is 17.2 Å². The average molecular weight is 353 g/mol. The summed E-state index contributed by atoms with van der Waals surface area (Å²) in [5, 5.41) is 4.09. The van der Waals surface area contributed by atoms with Crippen LogP contribution in [0.3, 0.4) is 0 Å². The SMILES string of the molecule is Cc1nc(C2CN(S(=O)(=O)c3cn(C)nc3C)CCO2)cc(=O)[nH]1. The molecular weight excluding hydrogens is 334 g/mol. The number of sulfonamides is 1. The summed E-state index contributed by atoms with van der Waals surface area (Å²) in [4.78, 5) is 18.6. The Morgan fingerprint density at radius 1 is 1.38 bits per heavy atom. The van der Waals surface area contributed by atoms with Crippen LogP contribution in [0.5, 0.6) is 0 Å². The highest BCUT2D eigenvalue weighted by Crippen LogP contribution is 2.26. The van der Waals surface area contributed by atoms with Gasteiger partial charge in [-0.2, -0.15) is 9.40 Å². The zero-order chi connectivity index (χ0) is 17.5. The average Bonchev–Trinajstić information content (AvgIpc) is 2.86. The smallest absolute Gasteiger partial charge is 0.251 e. The van der Waals surface area contributed by atoms with Crippen LogP contribution in [0.2, 0.25) is 0 Å². The monoisotopic (exact) mass is 353 g/mol. The molecule has 1 fully saturated rings. The van der Waals surface area contributed by atoms with Crippen molar-refractivity contribution in [2.45, 2.75) is 24.8 Å². The summed E-state index contributed by atoms with van der Waals surface area (Å²) in [6.07, 6.45) is 0.914. The number of nitrogens with zero attached hydrogens (tertiary/aromatic N) is 4. The van der Waals surface area contributed by atoms with E-state index in [4.69, 9.17) is 4.74 Å². The van der Waals surface area contributed by atoms with E-state index in [1.807, 2.05) is 0 Å². The Hall–Kier alpha value is -2.04. The van der Waals surface area contributed by atoms with Crippen molar-refractivity contribution in [3.05, 3.63) is 39.8 Å². The maximum Gasteiger partial charge on any atom is 0.251 e. The standard InChI is InChI=1S/C14H19N5O4S/c1-9-13(8-18(3)17-9)24(21,22)19-4-5-23-12(7-19)11-6-14(20)16-10(2)15-11/h6,8,12H,4-5,7H2,1-3H3,(H,15,16,20). The van der Waals surface area contributed by atoms with E-state index < -0.39 is 16.1 Å². The summed E-state index contributed by atoms with van der Waals surface area (Å²) >= 11 is 0. The van der Waals surface area contributed by atoms with Crippen molar-refractivity contribution >= 4 is 10.0 Å². The molecule has 0 amide bonds. The number of hydrogen-bond acceptors (Lipinski definition) is 6. The Morgan fingerprint density at radius 2 is 2.12 bits per heavy atom. The van der Waals surface area contributed by atoms with E-state index in [-0.39, 0.29) is 30.2 Å². The first-order chi connectivity index (χ1) is 11.3. The molecular formula is C14H19N5O4S. The molecule has 2 aromatic rings. The van der Waals surface area contributed by atoms with Crippen molar-refractivity contribution in [1.29, 1.82) is 0 Å². The fourth-order valence-electron chi connectivity index (χ4n) is 2.76. The van der Waals surface area contributed by atoms with Gasteiger partial charge < -0.3 is 9.72 Å². The molecule has 0 aliphatic carbocycles. The van der Waals surface area contributed by atoms with E-state index in [0.717, 1.165) is 0 Å². The van der Waals surface area contributed by atoms with Crippen molar-refractivity contribution in [2.24, 2.45) is 7.05 Å². The number of aromatic nitrogens is 4. The topological polar surface area (TPSA) is 110 Å². The first-order valence-electron chi connectivity index (χ1n) is 7.47. The first-order valence-corrected chi connectivity index (χ1v) is 8.91. The number of nitrogens with one attached hydrogen (secondary N) is 1. The van der Waals surface area contributed by atoms with Crippen LogP contribution in [0.25, 0.3) is 0 Å². The number of morpholine rings is 1. The molecule has 2 aromatic heterocycles. The fraction of sp³-hybridized carbons (Fsp3) is 0.500. The molecule has 0 bridgehead atoms. The first kappa shape index (κ1) is 16.8. The lowest BCUT2D eigenvalue weighted by molar-refractivity contribution is -0.00516. The van der Waals surface area contributed by atoms with Crippen molar-refractivity contribution in [2.75, 3.05) is 19.7 Å². The zero-order valence-corrected chi connectivity index (χ0v) is 14.5. The van der Waals surface area contributed by atoms with E-state index in [1.165, 1.54) is 21.3 Å². The second kappa shape index (κ2) is 6.11. The third-order valence-corrected chi connectivity index (χ3v) is 5.79. The summed E-state index contributed by atoms with van der Waals surface area (Å²) in [7, 11) is -2.00. The lowest BCUT2D eigenvalue weighted by Crippen LogP contribution is -2.42. The van der Waals surface area contributed by atoms with Crippen LogP contribution < -0.4 is 5.56 Å². The predicted molar refractivity (Wildman–Crippen MR) is 85.0 cm³/mol. The minimum Gasteiger partial charge on any atom is -0.369 e. The Morgan fingerprint density at radius 3 is 2.75 bits per heavy atom. The van der Waals surface area contributed by atoms with Gasteiger partial charge in [-0.15, -0.1) is 0 Å². The largest absolute Gasteiger partial charge is 0.369 e. The van der Waals surface area contributed by atoms with Gasteiger partial charge in [0.25, 0.3) is 5.56 Å². The quantitative estimate of drug-likeness (QED) is 0.824. The van der Waals surface area contributed by atoms with Gasteiger partial charge in [-0.3, -0.25) is 9.48 Å². The summed E-state index contributed by atoms with van der Waals surface area (Å²) in [6.45, 7) is 3.91. The molecule has 10 heteroatoms. The minimum atomic E-state index is -3.68. The van der Waals surface area contributed by atoms with Gasteiger partial charge in [-0.25, -0.2) is 13.4 Å². The molecule has 1 unspecified atom stereocenters. The second-order valence-corrected chi connectivity index (χ2v) is 7.64. The van der Waals surface area contributed by atoms with Gasteiger partial charge in [-0.05, 0) is 13.8 Å². The van der Waals surface area contributed by atoms with Crippen LogP contribution in [0.1, 0.15) is 23.3 Å². The van der Waals surface area contributed by atoms with Gasteiger partial charge >= 0.3 is 0 Å². The molecule has 0 aromatic carbocycles. The van der Waals surface area contributed by atoms with E-state index >= 15 is 0 Å². The van der Waals surface area contributed by atoms with Crippen molar-refractivity contribution in [3.8, 4) is 0 Å². The molecule has 1 saturated heterocycles. The maximum absolute atomic E-state index is 12.9. The third-order valence-electron chi connectivity index (χ3n) is 3.83. The van der Waals surface area contributed by atoms with Crippen LogP contribution >= 0.6 is 0 Å². The second-order valence-electron chi connectivity index (χ2n) is 5.73. The summed E-state index contributed by atoms with van der Waals surface area (Å²) in [5.74, 6) is 0.462. The lowest BCUT2D eigenvalue weighted by Gasteiger charge is -2.31. The van der Waals surface area contributed by atoms with Gasteiger partial charge in [0.15, 0.2) is 0 Å². The van der Waals surface area contributed by atoms with Gasteiger partial charge in [0.2, 0.25) is 10.0 Å². The van der Waals surface area contributed by atoms with E-state index in [1.54, 1.807) is 20.9 Å². The van der Waals surface area contributed by atoms with Gasteiger partial charge in [0, 0.05) is 32.4 Å². The molecule has 0 saturated carbocycles. The summed E-state index contributed by atoms with van der Waals surface area (Å²) in [6, 6.07) is 1.34. The fourth-order valence-corrected chi connectivity index (χ4v) is 4.39. The van der Waals surface area contributed by atoms with Gasteiger partial charge in [0.05, 0.1) is 18.0 Å². The molecule has 1 atom stereocenters. The molecule has 130 valence electrons. The van der Waals surface area contributed by atoms with Gasteiger partial charge in [-0.1, -0.05) is 0 Å². The molecule has 1 aliphatic heterocycles. The number of H-pyrrole nitrogens is 1. The maximum atomic E-state index is 12.9. The normalized spacial score (nSPS) is 19.5. The molecule has 3 heterocycles. The number of ether oxygens (including phenoxy) is 1. The third kappa shape index (κ3) is 3.12. The van der Waals surface area contributed by atoms with E-state index in [9.17, 15) is 13.2 Å². The van der Waals surface area contributed by atoms with Crippen molar-refractivity contribution in [3.63, 3.8) is 0 Å². The van der Waals surface area contributed by atoms with Gasteiger partial charge in [0.1, 0.15) is 16.8 Å². The van der Waals surface area contributed by atoms with Crippen LogP contribution in [-0.2, 0) is 21.8 Å². The van der Waals surface area contributed by atoms with Crippen LogP contribution in [-0.4, -0.2) is 52.2 Å². The number of hydrogen-bond donors (Lipinski definition) is 1. The number of rotatable bonds is 3. The molecule has 1 aliphatic rings. The Kier molecular flexibility index (Phi) is 4.28. The van der Waals surface area contributed by atoms with Crippen LogP contribution in [0.4, 0.5) is 0 Å². The lowest BCUT2D eigenvalue weighted by atomic mass is 10.2.